The van der Waals surface area contributed by atoms with Gasteiger partial charge in [-0.2, -0.15) is 0 Å². The second kappa shape index (κ2) is 5.08. The summed E-state index contributed by atoms with van der Waals surface area (Å²) >= 11 is 0. The standard InChI is InChI=1S/C14H20N2O2/c1-14(2,3)18-8-7-16-9-11(10-17)12-5-4-6-15-13(12)16/h4-6,9,17H,7-8,10H2,1-3H3. The third-order valence-electron chi connectivity index (χ3n) is 2.75. The van der Waals surface area contributed by atoms with Gasteiger partial charge in [-0.3, -0.25) is 0 Å². The van der Waals surface area contributed by atoms with Crippen molar-refractivity contribution >= 4 is 11.0 Å². The summed E-state index contributed by atoms with van der Waals surface area (Å²) in [6.07, 6.45) is 3.72. The molecule has 4 nitrogen and oxygen atoms in total. The molecular weight excluding hydrogens is 228 g/mol. The van der Waals surface area contributed by atoms with Crippen LogP contribution in [0, 0.1) is 0 Å². The maximum absolute atomic E-state index is 9.33. The molecule has 0 radical (unpaired) electrons. The van der Waals surface area contributed by atoms with E-state index in [4.69, 9.17) is 4.74 Å². The molecule has 2 heterocycles. The molecule has 4 heteroatoms. The SMILES string of the molecule is CC(C)(C)OCCn1cc(CO)c2cccnc21. The smallest absolute Gasteiger partial charge is 0.140 e. The molecule has 2 aromatic heterocycles. The highest BCUT2D eigenvalue weighted by molar-refractivity contribution is 5.80. The predicted molar refractivity (Wildman–Crippen MR) is 71.4 cm³/mol. The molecule has 0 saturated heterocycles. The van der Waals surface area contributed by atoms with Crippen molar-refractivity contribution in [3.8, 4) is 0 Å². The van der Waals surface area contributed by atoms with Crippen LogP contribution < -0.4 is 0 Å². The minimum atomic E-state index is -0.129. The lowest BCUT2D eigenvalue weighted by molar-refractivity contribution is -0.00651. The number of hydrogen-bond donors (Lipinski definition) is 1. The maximum Gasteiger partial charge on any atom is 0.140 e. The van der Waals surface area contributed by atoms with Crippen LogP contribution in [0.25, 0.3) is 11.0 Å². The van der Waals surface area contributed by atoms with Crippen LogP contribution in [-0.2, 0) is 17.9 Å². The third kappa shape index (κ3) is 2.89. The molecular formula is C14H20N2O2. The van der Waals surface area contributed by atoms with E-state index in [0.29, 0.717) is 6.61 Å². The lowest BCUT2D eigenvalue weighted by Crippen LogP contribution is -2.21. The molecule has 0 spiro atoms. The summed E-state index contributed by atoms with van der Waals surface area (Å²) in [6.45, 7) is 7.53. The van der Waals surface area contributed by atoms with Crippen LogP contribution in [0.2, 0.25) is 0 Å². The van der Waals surface area contributed by atoms with Crippen molar-refractivity contribution in [3.05, 3.63) is 30.1 Å². The van der Waals surface area contributed by atoms with E-state index in [1.165, 1.54) is 0 Å². The van der Waals surface area contributed by atoms with Crippen molar-refractivity contribution in [2.45, 2.75) is 39.5 Å². The Bertz CT molecular complexity index is 526. The first-order chi connectivity index (χ1) is 8.51. The first-order valence-electron chi connectivity index (χ1n) is 6.19. The molecule has 0 aromatic carbocycles. The number of ether oxygens (including phenoxy) is 1. The van der Waals surface area contributed by atoms with Gasteiger partial charge >= 0.3 is 0 Å². The summed E-state index contributed by atoms with van der Waals surface area (Å²) in [5.41, 5.74) is 1.68. The average molecular weight is 248 g/mol. The highest BCUT2D eigenvalue weighted by Crippen LogP contribution is 2.19. The van der Waals surface area contributed by atoms with Crippen molar-refractivity contribution < 1.29 is 9.84 Å². The van der Waals surface area contributed by atoms with E-state index >= 15 is 0 Å². The number of aliphatic hydroxyl groups excluding tert-OH is 1. The summed E-state index contributed by atoms with van der Waals surface area (Å²) in [4.78, 5) is 4.36. The van der Waals surface area contributed by atoms with Gasteiger partial charge in [0.15, 0.2) is 0 Å². The van der Waals surface area contributed by atoms with Gasteiger partial charge < -0.3 is 14.4 Å². The highest BCUT2D eigenvalue weighted by Gasteiger charge is 2.11. The Morgan fingerprint density at radius 2 is 2.17 bits per heavy atom. The van der Waals surface area contributed by atoms with Crippen LogP contribution >= 0.6 is 0 Å². The predicted octanol–water partition coefficient (Wildman–Crippen LogP) is 2.34. The Kier molecular flexibility index (Phi) is 3.68. The molecule has 98 valence electrons. The number of pyridine rings is 1. The van der Waals surface area contributed by atoms with Crippen LogP contribution in [0.1, 0.15) is 26.3 Å². The fourth-order valence-corrected chi connectivity index (χ4v) is 1.94. The van der Waals surface area contributed by atoms with Gasteiger partial charge in [0.2, 0.25) is 0 Å². The summed E-state index contributed by atoms with van der Waals surface area (Å²) < 4.78 is 7.75. The summed E-state index contributed by atoms with van der Waals surface area (Å²) in [5, 5.41) is 10.3. The number of aliphatic hydroxyl groups is 1. The van der Waals surface area contributed by atoms with E-state index in [0.717, 1.165) is 23.1 Å². The van der Waals surface area contributed by atoms with E-state index in [9.17, 15) is 5.11 Å². The van der Waals surface area contributed by atoms with Crippen molar-refractivity contribution in [2.75, 3.05) is 6.61 Å². The largest absolute Gasteiger partial charge is 0.392 e. The van der Waals surface area contributed by atoms with Crippen LogP contribution in [0.5, 0.6) is 0 Å². The van der Waals surface area contributed by atoms with E-state index in [1.807, 2.05) is 43.7 Å². The lowest BCUT2D eigenvalue weighted by atomic mass is 10.2. The zero-order valence-electron chi connectivity index (χ0n) is 11.2. The van der Waals surface area contributed by atoms with Crippen LogP contribution in [0.15, 0.2) is 24.5 Å². The number of rotatable bonds is 4. The third-order valence-corrected chi connectivity index (χ3v) is 2.75. The number of nitrogens with zero attached hydrogens (tertiary/aromatic N) is 2. The molecule has 2 rings (SSSR count). The van der Waals surface area contributed by atoms with Gasteiger partial charge in [0.1, 0.15) is 5.65 Å². The first-order valence-corrected chi connectivity index (χ1v) is 6.19. The van der Waals surface area contributed by atoms with Gasteiger partial charge in [0.25, 0.3) is 0 Å². The first kappa shape index (κ1) is 13.1. The molecule has 0 saturated carbocycles. The van der Waals surface area contributed by atoms with Crippen LogP contribution in [0.4, 0.5) is 0 Å². The number of hydrogen-bond acceptors (Lipinski definition) is 3. The Morgan fingerprint density at radius 3 is 2.83 bits per heavy atom. The topological polar surface area (TPSA) is 47.3 Å². The molecule has 0 unspecified atom stereocenters. The molecule has 0 bridgehead atoms. The monoisotopic (exact) mass is 248 g/mol. The Balaban J connectivity index is 2.18. The highest BCUT2D eigenvalue weighted by atomic mass is 16.5. The quantitative estimate of drug-likeness (QED) is 0.903. The summed E-state index contributed by atoms with van der Waals surface area (Å²) in [5.74, 6) is 0. The van der Waals surface area contributed by atoms with Crippen LogP contribution in [-0.4, -0.2) is 26.9 Å². The fraction of sp³-hybridized carbons (Fsp3) is 0.500. The molecule has 0 aliphatic carbocycles. The number of fused-ring (bicyclic) bond motifs is 1. The Hall–Kier alpha value is -1.39. The molecule has 2 aromatic rings. The Labute approximate surface area is 107 Å². The van der Waals surface area contributed by atoms with Gasteiger partial charge in [0, 0.05) is 29.9 Å². The maximum atomic E-state index is 9.33. The van der Waals surface area contributed by atoms with Gasteiger partial charge in [0.05, 0.1) is 18.8 Å². The molecule has 0 atom stereocenters. The van der Waals surface area contributed by atoms with Crippen LogP contribution in [0.3, 0.4) is 0 Å². The minimum Gasteiger partial charge on any atom is -0.392 e. The summed E-state index contributed by atoms with van der Waals surface area (Å²) in [6, 6.07) is 3.87. The molecule has 0 aliphatic heterocycles. The average Bonchev–Trinajstić information content (AvgIpc) is 2.66. The normalized spacial score (nSPS) is 12.2. The zero-order valence-corrected chi connectivity index (χ0v) is 11.2. The van der Waals surface area contributed by atoms with Gasteiger partial charge in [-0.15, -0.1) is 0 Å². The second-order valence-corrected chi connectivity index (χ2v) is 5.34. The van der Waals surface area contributed by atoms with Gasteiger partial charge in [-0.05, 0) is 32.9 Å². The van der Waals surface area contributed by atoms with Crippen molar-refractivity contribution in [1.29, 1.82) is 0 Å². The summed E-state index contributed by atoms with van der Waals surface area (Å²) in [7, 11) is 0. The molecule has 18 heavy (non-hydrogen) atoms. The van der Waals surface area contributed by atoms with Crippen molar-refractivity contribution in [2.24, 2.45) is 0 Å². The van der Waals surface area contributed by atoms with E-state index in [1.54, 1.807) is 6.20 Å². The second-order valence-electron chi connectivity index (χ2n) is 5.34. The zero-order chi connectivity index (χ0) is 13.2. The van der Waals surface area contributed by atoms with E-state index < -0.39 is 0 Å². The van der Waals surface area contributed by atoms with Gasteiger partial charge in [-0.1, -0.05) is 0 Å². The number of aromatic nitrogens is 2. The lowest BCUT2D eigenvalue weighted by Gasteiger charge is -2.19. The molecule has 1 N–H and O–H groups in total. The Morgan fingerprint density at radius 1 is 1.39 bits per heavy atom. The molecule has 0 fully saturated rings. The molecule has 0 aliphatic rings. The molecule has 0 amide bonds. The fourth-order valence-electron chi connectivity index (χ4n) is 1.94. The minimum absolute atomic E-state index is 0.0370. The van der Waals surface area contributed by atoms with E-state index in [2.05, 4.69) is 4.98 Å². The van der Waals surface area contributed by atoms with Crippen molar-refractivity contribution in [1.82, 2.24) is 9.55 Å². The van der Waals surface area contributed by atoms with E-state index in [-0.39, 0.29) is 12.2 Å². The van der Waals surface area contributed by atoms with Crippen molar-refractivity contribution in [3.63, 3.8) is 0 Å². The van der Waals surface area contributed by atoms with Gasteiger partial charge in [-0.25, -0.2) is 4.98 Å².